The van der Waals surface area contributed by atoms with Gasteiger partial charge in [0.05, 0.1) is 0 Å². The summed E-state index contributed by atoms with van der Waals surface area (Å²) < 4.78 is 0. The van der Waals surface area contributed by atoms with Gasteiger partial charge in [-0.1, -0.05) is 72.6 Å². The first-order valence-corrected chi connectivity index (χ1v) is 7.95. The van der Waals surface area contributed by atoms with Crippen LogP contribution < -0.4 is 0 Å². The zero-order valence-electron chi connectivity index (χ0n) is 13.0. The molecule has 0 fully saturated rings. The summed E-state index contributed by atoms with van der Waals surface area (Å²) in [6.07, 6.45) is 13.1. The Morgan fingerprint density at radius 1 is 0.778 bits per heavy atom. The minimum atomic E-state index is 0.617. The Labute approximate surface area is 115 Å². The van der Waals surface area contributed by atoms with Gasteiger partial charge in [0.2, 0.25) is 0 Å². The summed E-state index contributed by atoms with van der Waals surface area (Å²) in [6.45, 7) is 9.29. The van der Waals surface area contributed by atoms with Crippen molar-refractivity contribution in [1.82, 2.24) is 0 Å². The zero-order chi connectivity index (χ0) is 13.8. The lowest BCUT2D eigenvalue weighted by Crippen LogP contribution is -2.00. The average Bonchev–Trinajstić information content (AvgIpc) is 2.36. The Morgan fingerprint density at radius 2 is 1.22 bits per heavy atom. The first kappa shape index (κ1) is 17.7. The second-order valence-corrected chi connectivity index (χ2v) is 6.27. The number of carbonyl (C=O) groups excluding carboxylic acids is 1. The van der Waals surface area contributed by atoms with Crippen LogP contribution in [-0.2, 0) is 4.79 Å². The first-order chi connectivity index (χ1) is 8.60. The monoisotopic (exact) mass is 253 g/mol. The van der Waals surface area contributed by atoms with Crippen molar-refractivity contribution in [1.29, 1.82) is 0 Å². The second-order valence-electron chi connectivity index (χ2n) is 6.27. The van der Waals surface area contributed by atoms with Crippen LogP contribution >= 0.6 is 0 Å². The summed E-state index contributed by atoms with van der Waals surface area (Å²) in [5, 5.41) is 0. The van der Waals surface area contributed by atoms with Crippen LogP contribution in [0, 0.1) is 17.8 Å². The van der Waals surface area contributed by atoms with Crippen LogP contribution in [0.15, 0.2) is 0 Å². The van der Waals surface area contributed by atoms with E-state index in [4.69, 9.17) is 0 Å². The van der Waals surface area contributed by atoms with Crippen LogP contribution in [0.2, 0.25) is 0 Å². The van der Waals surface area contributed by atoms with Gasteiger partial charge < -0.3 is 0 Å². The number of rotatable bonds is 12. The molecule has 0 aliphatic carbocycles. The maximum absolute atomic E-state index is 10.2. The van der Waals surface area contributed by atoms with E-state index in [1.165, 1.54) is 44.9 Å². The van der Waals surface area contributed by atoms with E-state index >= 15 is 0 Å². The highest BCUT2D eigenvalue weighted by atomic mass is 16.1. The van der Waals surface area contributed by atoms with Crippen molar-refractivity contribution in [2.75, 3.05) is 0 Å². The largest absolute Gasteiger partial charge is 0.291 e. The fourth-order valence-corrected chi connectivity index (χ4v) is 2.43. The lowest BCUT2D eigenvalue weighted by Gasteiger charge is -2.14. The molecule has 18 heavy (non-hydrogen) atoms. The smallest absolute Gasteiger partial charge is 0.198 e. The highest BCUT2D eigenvalue weighted by molar-refractivity contribution is 5.50. The molecule has 0 aliphatic rings. The summed E-state index contributed by atoms with van der Waals surface area (Å²) in [4.78, 5) is 10.2. The molecule has 0 aromatic rings. The standard InChI is InChI=1S/C17H33O/c1-5-15(2)9-6-10-16(3)11-7-12-17(4)13-8-14-18/h15-17H,5-13H2,1-4H3. The Balaban J connectivity index is 3.41. The molecule has 0 aromatic carbocycles. The molecule has 0 saturated carbocycles. The molecule has 0 heterocycles. The molecule has 3 unspecified atom stereocenters. The van der Waals surface area contributed by atoms with Crippen LogP contribution in [-0.4, -0.2) is 6.29 Å². The molecular formula is C17H33O. The molecule has 0 aliphatic heterocycles. The molecule has 0 bridgehead atoms. The second kappa shape index (κ2) is 11.7. The van der Waals surface area contributed by atoms with Gasteiger partial charge in [-0.15, -0.1) is 0 Å². The molecular weight excluding hydrogens is 220 g/mol. The van der Waals surface area contributed by atoms with Crippen molar-refractivity contribution in [2.45, 2.75) is 85.5 Å². The van der Waals surface area contributed by atoms with Crippen molar-refractivity contribution in [3.8, 4) is 0 Å². The Kier molecular flexibility index (Phi) is 11.5. The van der Waals surface area contributed by atoms with Crippen LogP contribution in [0.5, 0.6) is 0 Å². The summed E-state index contributed by atoms with van der Waals surface area (Å²) >= 11 is 0. The van der Waals surface area contributed by atoms with Crippen molar-refractivity contribution < 1.29 is 4.79 Å². The van der Waals surface area contributed by atoms with Gasteiger partial charge in [0.15, 0.2) is 6.29 Å². The van der Waals surface area contributed by atoms with E-state index in [0.29, 0.717) is 12.3 Å². The molecule has 1 heteroatoms. The van der Waals surface area contributed by atoms with E-state index in [-0.39, 0.29) is 0 Å². The van der Waals surface area contributed by atoms with Gasteiger partial charge in [0, 0.05) is 6.42 Å². The van der Waals surface area contributed by atoms with E-state index in [9.17, 15) is 4.79 Å². The molecule has 0 saturated heterocycles. The van der Waals surface area contributed by atoms with Crippen molar-refractivity contribution in [3.63, 3.8) is 0 Å². The topological polar surface area (TPSA) is 17.1 Å². The van der Waals surface area contributed by atoms with Gasteiger partial charge in [-0.3, -0.25) is 4.79 Å². The van der Waals surface area contributed by atoms with E-state index in [1.807, 2.05) is 6.29 Å². The van der Waals surface area contributed by atoms with Gasteiger partial charge in [-0.25, -0.2) is 0 Å². The summed E-state index contributed by atoms with van der Waals surface area (Å²) in [5.41, 5.74) is 0. The molecule has 0 rings (SSSR count). The maximum Gasteiger partial charge on any atom is 0.198 e. The SMILES string of the molecule is CCC(C)CCCC(C)CCCC(C)CC[C]=O. The van der Waals surface area contributed by atoms with Gasteiger partial charge in [0.25, 0.3) is 0 Å². The van der Waals surface area contributed by atoms with Crippen LogP contribution in [0.4, 0.5) is 0 Å². The van der Waals surface area contributed by atoms with Crippen LogP contribution in [0.25, 0.3) is 0 Å². The fraction of sp³-hybridized carbons (Fsp3) is 0.941. The van der Waals surface area contributed by atoms with Gasteiger partial charge >= 0.3 is 0 Å². The summed E-state index contributed by atoms with van der Waals surface area (Å²) in [7, 11) is 0. The van der Waals surface area contributed by atoms with Crippen molar-refractivity contribution in [2.24, 2.45) is 17.8 Å². The Hall–Kier alpha value is -0.330. The van der Waals surface area contributed by atoms with E-state index in [0.717, 1.165) is 18.3 Å². The number of hydrogen-bond acceptors (Lipinski definition) is 1. The molecule has 3 atom stereocenters. The predicted molar refractivity (Wildman–Crippen MR) is 80.4 cm³/mol. The third kappa shape index (κ3) is 10.8. The Bertz CT molecular complexity index is 188. The van der Waals surface area contributed by atoms with E-state index in [1.54, 1.807) is 0 Å². The highest BCUT2D eigenvalue weighted by Crippen LogP contribution is 2.21. The minimum absolute atomic E-state index is 0.617. The third-order valence-electron chi connectivity index (χ3n) is 4.22. The molecule has 0 spiro atoms. The average molecular weight is 253 g/mol. The number of hydrogen-bond donors (Lipinski definition) is 0. The Morgan fingerprint density at radius 3 is 1.67 bits per heavy atom. The zero-order valence-corrected chi connectivity index (χ0v) is 13.0. The lowest BCUT2D eigenvalue weighted by molar-refractivity contribution is 0.386. The van der Waals surface area contributed by atoms with E-state index < -0.39 is 0 Å². The highest BCUT2D eigenvalue weighted by Gasteiger charge is 2.06. The molecule has 0 N–H and O–H groups in total. The normalized spacial score (nSPS) is 16.2. The molecule has 107 valence electrons. The van der Waals surface area contributed by atoms with Crippen LogP contribution in [0.3, 0.4) is 0 Å². The third-order valence-corrected chi connectivity index (χ3v) is 4.22. The van der Waals surface area contributed by atoms with E-state index in [2.05, 4.69) is 27.7 Å². The molecule has 0 aromatic heterocycles. The van der Waals surface area contributed by atoms with Crippen LogP contribution in [0.1, 0.15) is 85.5 Å². The fourth-order valence-electron chi connectivity index (χ4n) is 2.43. The maximum atomic E-state index is 10.2. The summed E-state index contributed by atoms with van der Waals surface area (Å²) in [6, 6.07) is 0. The summed E-state index contributed by atoms with van der Waals surface area (Å²) in [5.74, 6) is 2.47. The van der Waals surface area contributed by atoms with Gasteiger partial charge in [0.1, 0.15) is 0 Å². The quantitative estimate of drug-likeness (QED) is 0.446. The lowest BCUT2D eigenvalue weighted by atomic mass is 9.91. The molecule has 1 radical (unpaired) electrons. The minimum Gasteiger partial charge on any atom is -0.291 e. The van der Waals surface area contributed by atoms with Gasteiger partial charge in [-0.2, -0.15) is 0 Å². The first-order valence-electron chi connectivity index (χ1n) is 7.95. The van der Waals surface area contributed by atoms with Crippen molar-refractivity contribution in [3.05, 3.63) is 0 Å². The molecule has 0 amide bonds. The molecule has 1 nitrogen and oxygen atoms in total. The van der Waals surface area contributed by atoms with Gasteiger partial charge in [-0.05, 0) is 24.2 Å². The van der Waals surface area contributed by atoms with Crippen molar-refractivity contribution >= 4 is 6.29 Å². The predicted octanol–water partition coefficient (Wildman–Crippen LogP) is 5.54.